The third kappa shape index (κ3) is 4.08. The predicted molar refractivity (Wildman–Crippen MR) is 92.9 cm³/mol. The first kappa shape index (κ1) is 17.9. The van der Waals surface area contributed by atoms with E-state index in [2.05, 4.69) is 5.32 Å². The Morgan fingerprint density at radius 2 is 1.88 bits per heavy atom. The van der Waals surface area contributed by atoms with Gasteiger partial charge in [0.2, 0.25) is 5.91 Å². The molecule has 1 amide bonds. The van der Waals surface area contributed by atoms with E-state index in [1.54, 1.807) is 37.4 Å². The van der Waals surface area contributed by atoms with Gasteiger partial charge in [0, 0.05) is 13.1 Å². The van der Waals surface area contributed by atoms with Crippen molar-refractivity contribution in [3.05, 3.63) is 47.2 Å². The summed E-state index contributed by atoms with van der Waals surface area (Å²) in [6.45, 7) is -0.0340. The first-order valence-electron chi connectivity index (χ1n) is 7.13. The molecule has 1 N–H and O–H groups in total. The van der Waals surface area contributed by atoms with E-state index in [4.69, 9.17) is 21.1 Å². The number of nitrogens with zero attached hydrogens (tertiary/aromatic N) is 1. The van der Waals surface area contributed by atoms with Crippen LogP contribution in [0.1, 0.15) is 0 Å². The van der Waals surface area contributed by atoms with Crippen LogP contribution in [0.25, 0.3) is 0 Å². The van der Waals surface area contributed by atoms with Gasteiger partial charge in [-0.3, -0.25) is 4.79 Å². The molecule has 0 aliphatic carbocycles. The van der Waals surface area contributed by atoms with Gasteiger partial charge in [0.1, 0.15) is 17.3 Å². The predicted octanol–water partition coefficient (Wildman–Crippen LogP) is 3.57. The number of ether oxygens (including phenoxy) is 2. The minimum Gasteiger partial charge on any atom is -0.495 e. The van der Waals surface area contributed by atoms with Crippen LogP contribution in [0.2, 0.25) is 5.02 Å². The summed E-state index contributed by atoms with van der Waals surface area (Å²) in [6.07, 6.45) is 0. The molecule has 0 fully saturated rings. The number of para-hydroxylation sites is 1. The fourth-order valence-electron chi connectivity index (χ4n) is 2.21. The minimum atomic E-state index is -0.391. The molecule has 0 unspecified atom stereocenters. The van der Waals surface area contributed by atoms with Crippen LogP contribution in [-0.2, 0) is 4.79 Å². The molecule has 7 heteroatoms. The molecule has 0 heterocycles. The lowest BCUT2D eigenvalue weighted by atomic mass is 10.2. The first-order valence-corrected chi connectivity index (χ1v) is 7.51. The molecule has 0 aromatic heterocycles. The highest BCUT2D eigenvalue weighted by Crippen LogP contribution is 2.35. The number of hydrogen-bond donors (Lipinski definition) is 1. The van der Waals surface area contributed by atoms with Crippen LogP contribution in [0.4, 0.5) is 15.8 Å². The maximum absolute atomic E-state index is 13.7. The Kier molecular flexibility index (Phi) is 5.87. The van der Waals surface area contributed by atoms with Gasteiger partial charge in [0.15, 0.2) is 0 Å². The van der Waals surface area contributed by atoms with Gasteiger partial charge in [-0.2, -0.15) is 0 Å². The van der Waals surface area contributed by atoms with Crippen LogP contribution in [0.5, 0.6) is 11.5 Å². The molecule has 0 bridgehead atoms. The maximum Gasteiger partial charge on any atom is 0.243 e. The number of anilines is 2. The lowest BCUT2D eigenvalue weighted by Crippen LogP contribution is -2.30. The molecule has 128 valence electrons. The van der Waals surface area contributed by atoms with Gasteiger partial charge in [0.25, 0.3) is 0 Å². The number of hydrogen-bond acceptors (Lipinski definition) is 4. The van der Waals surface area contributed by atoms with Crippen molar-refractivity contribution in [3.63, 3.8) is 0 Å². The summed E-state index contributed by atoms with van der Waals surface area (Å²) < 4.78 is 24.1. The van der Waals surface area contributed by atoms with Crippen LogP contribution in [0.3, 0.4) is 0 Å². The van der Waals surface area contributed by atoms with Gasteiger partial charge in [-0.15, -0.1) is 0 Å². The molecular formula is C17H18ClFN2O3. The highest BCUT2D eigenvalue weighted by molar-refractivity contribution is 6.32. The molecule has 2 rings (SSSR count). The standard InChI is InChI=1S/C17H18ClFN2O3/c1-21(14-7-5-4-6-12(14)19)10-17(22)20-13-8-11(18)15(23-2)9-16(13)24-3/h4-9H,10H2,1-3H3,(H,20,22). The molecule has 2 aromatic rings. The Labute approximate surface area is 144 Å². The Hall–Kier alpha value is -2.47. The van der Waals surface area contributed by atoms with Gasteiger partial charge < -0.3 is 19.7 Å². The highest BCUT2D eigenvalue weighted by atomic mass is 35.5. The monoisotopic (exact) mass is 352 g/mol. The number of methoxy groups -OCH3 is 2. The van der Waals surface area contributed by atoms with Gasteiger partial charge in [0.05, 0.1) is 37.2 Å². The summed E-state index contributed by atoms with van der Waals surface area (Å²) in [6, 6.07) is 9.37. The molecule has 2 aromatic carbocycles. The second-order valence-corrected chi connectivity index (χ2v) is 5.45. The number of carbonyl (C=O) groups excluding carboxylic acids is 1. The molecule has 24 heavy (non-hydrogen) atoms. The number of halogens is 2. The minimum absolute atomic E-state index is 0.0340. The number of likely N-dealkylation sites (N-methyl/N-ethyl adjacent to an activating group) is 1. The van der Waals surface area contributed by atoms with Gasteiger partial charge in [-0.1, -0.05) is 23.7 Å². The largest absolute Gasteiger partial charge is 0.495 e. The van der Waals surface area contributed by atoms with Crippen molar-refractivity contribution in [2.75, 3.05) is 38.0 Å². The van der Waals surface area contributed by atoms with E-state index in [1.165, 1.54) is 25.2 Å². The number of nitrogens with one attached hydrogen (secondary N) is 1. The fraction of sp³-hybridized carbons (Fsp3) is 0.235. The second-order valence-electron chi connectivity index (χ2n) is 5.04. The fourth-order valence-corrected chi connectivity index (χ4v) is 2.45. The van der Waals surface area contributed by atoms with Crippen molar-refractivity contribution in [2.45, 2.75) is 0 Å². The zero-order valence-electron chi connectivity index (χ0n) is 13.6. The lowest BCUT2D eigenvalue weighted by Gasteiger charge is -2.20. The molecule has 0 aliphatic rings. The van der Waals surface area contributed by atoms with Crippen molar-refractivity contribution >= 4 is 28.9 Å². The Balaban J connectivity index is 2.12. The second kappa shape index (κ2) is 7.88. The normalized spacial score (nSPS) is 10.2. The van der Waals surface area contributed by atoms with E-state index in [9.17, 15) is 9.18 Å². The van der Waals surface area contributed by atoms with Crippen molar-refractivity contribution in [1.82, 2.24) is 0 Å². The number of amides is 1. The Bertz CT molecular complexity index is 740. The SMILES string of the molecule is COc1cc(OC)c(NC(=O)CN(C)c2ccccc2F)cc1Cl. The van der Waals surface area contributed by atoms with E-state index in [0.29, 0.717) is 27.9 Å². The van der Waals surface area contributed by atoms with Gasteiger partial charge in [-0.05, 0) is 18.2 Å². The van der Waals surface area contributed by atoms with Crippen molar-refractivity contribution in [3.8, 4) is 11.5 Å². The summed E-state index contributed by atoms with van der Waals surface area (Å²) in [5, 5.41) is 3.05. The molecular weight excluding hydrogens is 335 g/mol. The third-order valence-corrected chi connectivity index (χ3v) is 3.69. The van der Waals surface area contributed by atoms with Crippen molar-refractivity contribution in [2.24, 2.45) is 0 Å². The maximum atomic E-state index is 13.7. The van der Waals surface area contributed by atoms with Crippen LogP contribution in [-0.4, -0.2) is 33.7 Å². The summed E-state index contributed by atoms with van der Waals surface area (Å²) >= 11 is 6.07. The van der Waals surface area contributed by atoms with E-state index < -0.39 is 5.82 Å². The summed E-state index contributed by atoms with van der Waals surface area (Å²) in [5.41, 5.74) is 0.752. The first-order chi connectivity index (χ1) is 11.5. The Morgan fingerprint density at radius 3 is 2.50 bits per heavy atom. The van der Waals surface area contributed by atoms with Crippen LogP contribution < -0.4 is 19.7 Å². The van der Waals surface area contributed by atoms with Gasteiger partial charge >= 0.3 is 0 Å². The van der Waals surface area contributed by atoms with Gasteiger partial charge in [-0.25, -0.2) is 4.39 Å². The number of rotatable bonds is 6. The summed E-state index contributed by atoms with van der Waals surface area (Å²) in [7, 11) is 4.60. The van der Waals surface area contributed by atoms with E-state index in [1.807, 2.05) is 0 Å². The smallest absolute Gasteiger partial charge is 0.243 e. The average Bonchev–Trinajstić information content (AvgIpc) is 2.55. The van der Waals surface area contributed by atoms with Crippen LogP contribution in [0, 0.1) is 5.82 Å². The molecule has 0 saturated carbocycles. The molecule has 5 nitrogen and oxygen atoms in total. The topological polar surface area (TPSA) is 50.8 Å². The quantitative estimate of drug-likeness (QED) is 0.863. The zero-order valence-corrected chi connectivity index (χ0v) is 14.4. The van der Waals surface area contributed by atoms with Crippen LogP contribution in [0.15, 0.2) is 36.4 Å². The third-order valence-electron chi connectivity index (χ3n) is 3.39. The summed E-state index contributed by atoms with van der Waals surface area (Å²) in [4.78, 5) is 13.8. The van der Waals surface area contributed by atoms with Crippen LogP contribution >= 0.6 is 11.6 Å². The zero-order chi connectivity index (χ0) is 17.7. The molecule has 0 radical (unpaired) electrons. The Morgan fingerprint density at radius 1 is 1.21 bits per heavy atom. The molecule has 0 atom stereocenters. The molecule has 0 saturated heterocycles. The number of benzene rings is 2. The molecule has 0 spiro atoms. The van der Waals surface area contributed by atoms with E-state index in [-0.39, 0.29) is 12.5 Å². The lowest BCUT2D eigenvalue weighted by molar-refractivity contribution is -0.114. The molecule has 0 aliphatic heterocycles. The average molecular weight is 353 g/mol. The highest BCUT2D eigenvalue weighted by Gasteiger charge is 2.15. The number of carbonyl (C=O) groups is 1. The summed E-state index contributed by atoms with van der Waals surface area (Å²) in [5.74, 6) is 0.131. The van der Waals surface area contributed by atoms with E-state index >= 15 is 0 Å². The van der Waals surface area contributed by atoms with E-state index in [0.717, 1.165) is 0 Å². The van der Waals surface area contributed by atoms with Crippen molar-refractivity contribution < 1.29 is 18.7 Å². The van der Waals surface area contributed by atoms with Crippen molar-refractivity contribution in [1.29, 1.82) is 0 Å².